The van der Waals surface area contributed by atoms with Crippen molar-refractivity contribution in [2.45, 2.75) is 51.2 Å². The predicted octanol–water partition coefficient (Wildman–Crippen LogP) is 1.56. The number of hydrogen-bond donors (Lipinski definition) is 1. The number of ether oxygens (including phenoxy) is 1. The summed E-state index contributed by atoms with van der Waals surface area (Å²) >= 11 is 0. The molecule has 7 nitrogen and oxygen atoms in total. The van der Waals surface area contributed by atoms with Crippen molar-refractivity contribution >= 4 is 5.96 Å². The first-order valence-electron chi connectivity index (χ1n) is 9.16. The van der Waals surface area contributed by atoms with Crippen molar-refractivity contribution in [2.75, 3.05) is 26.7 Å². The van der Waals surface area contributed by atoms with Crippen molar-refractivity contribution in [1.82, 2.24) is 25.0 Å². The molecule has 0 radical (unpaired) electrons. The Labute approximate surface area is 144 Å². The second-order valence-corrected chi connectivity index (χ2v) is 6.87. The van der Waals surface area contributed by atoms with E-state index in [9.17, 15) is 0 Å². The summed E-state index contributed by atoms with van der Waals surface area (Å²) in [4.78, 5) is 11.0. The first kappa shape index (κ1) is 17.2. The van der Waals surface area contributed by atoms with E-state index in [0.717, 1.165) is 50.2 Å². The molecule has 1 aliphatic heterocycles. The molecule has 3 rings (SSSR count). The number of aryl methyl sites for hydroxylation is 1. The van der Waals surface area contributed by atoms with Gasteiger partial charge in [0, 0.05) is 33.8 Å². The lowest BCUT2D eigenvalue weighted by Gasteiger charge is -2.34. The molecule has 0 spiro atoms. The second-order valence-electron chi connectivity index (χ2n) is 6.87. The highest BCUT2D eigenvalue weighted by Gasteiger charge is 2.24. The van der Waals surface area contributed by atoms with Crippen molar-refractivity contribution < 1.29 is 4.74 Å². The number of aliphatic imine (C=N–C) groups is 1. The Bertz CT molecular complexity index is 529. The average Bonchev–Trinajstić information content (AvgIpc) is 3.26. The fraction of sp³-hybridized carbons (Fsp3) is 0.824. The van der Waals surface area contributed by atoms with Gasteiger partial charge in [-0.2, -0.15) is 5.10 Å². The number of likely N-dealkylation sites (tertiary alicyclic amines) is 1. The third-order valence-corrected chi connectivity index (χ3v) is 5.21. The molecular weight excluding hydrogens is 304 g/mol. The maximum Gasteiger partial charge on any atom is 0.194 e. The molecule has 1 aromatic heterocycles. The van der Waals surface area contributed by atoms with E-state index in [4.69, 9.17) is 4.74 Å². The monoisotopic (exact) mass is 334 g/mol. The minimum absolute atomic E-state index is 0.415. The van der Waals surface area contributed by atoms with Crippen LogP contribution >= 0.6 is 0 Å². The number of hydrogen-bond acceptors (Lipinski definition) is 4. The van der Waals surface area contributed by atoms with Crippen LogP contribution in [0.5, 0.6) is 0 Å². The largest absolute Gasteiger partial charge is 0.378 e. The lowest BCUT2D eigenvalue weighted by molar-refractivity contribution is 0.00100. The van der Waals surface area contributed by atoms with Crippen molar-refractivity contribution in [1.29, 1.82) is 0 Å². The average molecular weight is 334 g/mol. The van der Waals surface area contributed by atoms with Crippen LogP contribution in [0.3, 0.4) is 0 Å². The number of guanidine groups is 1. The van der Waals surface area contributed by atoms with Crippen LogP contribution in [-0.2, 0) is 18.3 Å². The fourth-order valence-corrected chi connectivity index (χ4v) is 3.65. The standard InChI is InChI=1S/C17H30N6O/c1-18-17(19-11-16-20-13-21-22(16)2)23-9-7-15(8-10-23)24-12-14-5-3-4-6-14/h13-15H,3-12H2,1-2H3,(H,18,19). The molecule has 0 atom stereocenters. The SMILES string of the molecule is CN=C(NCc1ncnn1C)N1CCC(OCC2CCCC2)CC1. The molecule has 1 aliphatic carbocycles. The molecule has 134 valence electrons. The summed E-state index contributed by atoms with van der Waals surface area (Å²) in [7, 11) is 3.74. The smallest absolute Gasteiger partial charge is 0.194 e. The van der Waals surface area contributed by atoms with Gasteiger partial charge in [-0.05, 0) is 31.6 Å². The Hall–Kier alpha value is -1.63. The summed E-state index contributed by atoms with van der Waals surface area (Å²) in [5, 5.41) is 7.48. The zero-order valence-corrected chi connectivity index (χ0v) is 14.9. The lowest BCUT2D eigenvalue weighted by atomic mass is 10.1. The zero-order valence-electron chi connectivity index (χ0n) is 14.9. The van der Waals surface area contributed by atoms with E-state index >= 15 is 0 Å². The Morgan fingerprint density at radius 3 is 2.67 bits per heavy atom. The van der Waals surface area contributed by atoms with Crippen molar-refractivity contribution in [2.24, 2.45) is 18.0 Å². The van der Waals surface area contributed by atoms with E-state index in [1.807, 2.05) is 14.1 Å². The normalized spacial score (nSPS) is 20.8. The molecule has 0 aromatic carbocycles. The van der Waals surface area contributed by atoms with Crippen LogP contribution in [0, 0.1) is 5.92 Å². The van der Waals surface area contributed by atoms with Crippen LogP contribution in [0.1, 0.15) is 44.3 Å². The van der Waals surface area contributed by atoms with Gasteiger partial charge in [-0.25, -0.2) is 4.98 Å². The molecule has 0 bridgehead atoms. The van der Waals surface area contributed by atoms with E-state index in [0.29, 0.717) is 12.6 Å². The number of aromatic nitrogens is 3. The van der Waals surface area contributed by atoms with Gasteiger partial charge in [-0.1, -0.05) is 12.8 Å². The minimum atomic E-state index is 0.415. The van der Waals surface area contributed by atoms with Crippen LogP contribution in [-0.4, -0.2) is 58.5 Å². The van der Waals surface area contributed by atoms with Gasteiger partial charge < -0.3 is 15.0 Å². The quantitative estimate of drug-likeness (QED) is 0.654. The molecule has 0 amide bonds. The summed E-state index contributed by atoms with van der Waals surface area (Å²) in [5.74, 6) is 2.65. The molecule has 7 heteroatoms. The third-order valence-electron chi connectivity index (χ3n) is 5.21. The molecule has 1 saturated heterocycles. The Morgan fingerprint density at radius 1 is 1.29 bits per heavy atom. The summed E-state index contributed by atoms with van der Waals surface area (Å²) in [6.07, 6.45) is 9.65. The Kier molecular flexibility index (Phi) is 6.07. The molecule has 2 heterocycles. The highest BCUT2D eigenvalue weighted by atomic mass is 16.5. The number of nitrogens with one attached hydrogen (secondary N) is 1. The van der Waals surface area contributed by atoms with Crippen LogP contribution in [0.4, 0.5) is 0 Å². The van der Waals surface area contributed by atoms with Crippen LogP contribution in [0.15, 0.2) is 11.3 Å². The fourth-order valence-electron chi connectivity index (χ4n) is 3.65. The molecule has 1 aromatic rings. The highest BCUT2D eigenvalue weighted by Crippen LogP contribution is 2.26. The first-order valence-corrected chi connectivity index (χ1v) is 9.16. The van der Waals surface area contributed by atoms with Crippen molar-refractivity contribution in [3.8, 4) is 0 Å². The van der Waals surface area contributed by atoms with Gasteiger partial charge in [0.15, 0.2) is 5.96 Å². The topological polar surface area (TPSA) is 67.6 Å². The Balaban J connectivity index is 1.40. The van der Waals surface area contributed by atoms with E-state index < -0.39 is 0 Å². The Morgan fingerprint density at radius 2 is 2.04 bits per heavy atom. The third kappa shape index (κ3) is 4.47. The number of rotatable bonds is 5. The molecule has 2 aliphatic rings. The summed E-state index contributed by atoms with van der Waals surface area (Å²) in [5.41, 5.74) is 0. The van der Waals surface area contributed by atoms with Crippen LogP contribution < -0.4 is 5.32 Å². The molecule has 1 N–H and O–H groups in total. The van der Waals surface area contributed by atoms with Crippen molar-refractivity contribution in [3.05, 3.63) is 12.2 Å². The second kappa shape index (κ2) is 8.46. The van der Waals surface area contributed by atoms with E-state index in [2.05, 4.69) is 25.3 Å². The van der Waals surface area contributed by atoms with Gasteiger partial charge in [-0.15, -0.1) is 0 Å². The van der Waals surface area contributed by atoms with Gasteiger partial charge in [-0.3, -0.25) is 9.67 Å². The predicted molar refractivity (Wildman–Crippen MR) is 93.7 cm³/mol. The maximum atomic E-state index is 6.15. The minimum Gasteiger partial charge on any atom is -0.378 e. The van der Waals surface area contributed by atoms with Gasteiger partial charge in [0.1, 0.15) is 12.2 Å². The first-order chi connectivity index (χ1) is 11.8. The molecule has 2 fully saturated rings. The number of nitrogens with zero attached hydrogens (tertiary/aromatic N) is 5. The summed E-state index contributed by atoms with van der Waals surface area (Å²) < 4.78 is 7.94. The zero-order chi connectivity index (χ0) is 16.8. The van der Waals surface area contributed by atoms with E-state index in [-0.39, 0.29) is 0 Å². The van der Waals surface area contributed by atoms with Gasteiger partial charge in [0.2, 0.25) is 0 Å². The molecular formula is C17H30N6O. The summed E-state index contributed by atoms with van der Waals surface area (Å²) in [6.45, 7) is 3.59. The lowest BCUT2D eigenvalue weighted by Crippen LogP contribution is -2.47. The van der Waals surface area contributed by atoms with Crippen LogP contribution in [0.25, 0.3) is 0 Å². The van der Waals surface area contributed by atoms with Gasteiger partial charge >= 0.3 is 0 Å². The van der Waals surface area contributed by atoms with E-state index in [1.165, 1.54) is 25.7 Å². The molecule has 24 heavy (non-hydrogen) atoms. The van der Waals surface area contributed by atoms with Gasteiger partial charge in [0.25, 0.3) is 0 Å². The molecule has 0 unspecified atom stereocenters. The number of piperidine rings is 1. The van der Waals surface area contributed by atoms with Gasteiger partial charge in [0.05, 0.1) is 12.6 Å². The summed E-state index contributed by atoms with van der Waals surface area (Å²) in [6, 6.07) is 0. The maximum absolute atomic E-state index is 6.15. The van der Waals surface area contributed by atoms with E-state index in [1.54, 1.807) is 11.0 Å². The van der Waals surface area contributed by atoms with Crippen molar-refractivity contribution in [3.63, 3.8) is 0 Å². The van der Waals surface area contributed by atoms with Crippen LogP contribution in [0.2, 0.25) is 0 Å². The molecule has 1 saturated carbocycles. The highest BCUT2D eigenvalue weighted by molar-refractivity contribution is 5.79.